The molecule has 4 atom stereocenters. The number of aromatic nitrogens is 1. The minimum Gasteiger partial charge on any atom is -0.469 e. The van der Waals surface area contributed by atoms with Gasteiger partial charge in [0.05, 0.1) is 13.0 Å². The number of carbonyl (C=O) groups is 1. The Labute approximate surface area is 130 Å². The van der Waals surface area contributed by atoms with E-state index < -0.39 is 0 Å². The van der Waals surface area contributed by atoms with E-state index in [1.54, 1.807) is 0 Å². The SMILES string of the molecule is CC[C@H]1CN[C@@H]2C[C@H]1[C@@H](C(=O)OC)c1c2[nH]c2ccccc12. The van der Waals surface area contributed by atoms with Gasteiger partial charge >= 0.3 is 5.97 Å². The Balaban J connectivity index is 1.94. The number of methoxy groups -OCH3 is 1. The van der Waals surface area contributed by atoms with E-state index in [1.807, 2.05) is 12.1 Å². The standard InChI is InChI=1S/C18H22N2O2/c1-3-10-9-19-14-8-12(10)16(18(21)22-2)15-11-6-4-5-7-13(11)20-17(14)15/h4-7,10,12,14,16,19-20H,3,8-9H2,1-2H3/t10-,12+,14+,16+/m0/s1. The van der Waals surface area contributed by atoms with E-state index in [1.165, 1.54) is 18.2 Å². The van der Waals surface area contributed by atoms with Crippen molar-refractivity contribution in [1.82, 2.24) is 10.3 Å². The van der Waals surface area contributed by atoms with Gasteiger partial charge in [-0.25, -0.2) is 0 Å². The topological polar surface area (TPSA) is 54.1 Å². The van der Waals surface area contributed by atoms with Crippen molar-refractivity contribution in [3.63, 3.8) is 0 Å². The lowest BCUT2D eigenvalue weighted by atomic mass is 9.66. The first-order valence-corrected chi connectivity index (χ1v) is 8.16. The Kier molecular flexibility index (Phi) is 3.22. The van der Waals surface area contributed by atoms with Gasteiger partial charge in [0.25, 0.3) is 0 Å². The first kappa shape index (κ1) is 13.8. The number of H-pyrrole nitrogens is 1. The Bertz CT molecular complexity index is 721. The molecule has 1 fully saturated rings. The van der Waals surface area contributed by atoms with Crippen LogP contribution in [0, 0.1) is 11.8 Å². The second-order valence-electron chi connectivity index (χ2n) is 6.53. The third kappa shape index (κ3) is 1.83. The zero-order valence-corrected chi connectivity index (χ0v) is 13.1. The van der Waals surface area contributed by atoms with Gasteiger partial charge in [-0.15, -0.1) is 0 Å². The Hall–Kier alpha value is -1.81. The maximum atomic E-state index is 12.6. The van der Waals surface area contributed by atoms with Crippen LogP contribution in [0.5, 0.6) is 0 Å². The predicted molar refractivity (Wildman–Crippen MR) is 85.7 cm³/mol. The van der Waals surface area contributed by atoms with Crippen LogP contribution in [0.25, 0.3) is 10.9 Å². The molecule has 2 aromatic rings. The van der Waals surface area contributed by atoms with Crippen molar-refractivity contribution < 1.29 is 9.53 Å². The highest BCUT2D eigenvalue weighted by Gasteiger charge is 2.47. The van der Waals surface area contributed by atoms with Gasteiger partial charge < -0.3 is 15.0 Å². The largest absolute Gasteiger partial charge is 0.469 e. The Morgan fingerprint density at radius 2 is 2.18 bits per heavy atom. The first-order valence-electron chi connectivity index (χ1n) is 8.16. The average Bonchev–Trinajstić information content (AvgIpc) is 2.95. The molecule has 1 aromatic carbocycles. The number of fused-ring (bicyclic) bond motifs is 6. The van der Waals surface area contributed by atoms with Crippen LogP contribution in [0.3, 0.4) is 0 Å². The van der Waals surface area contributed by atoms with E-state index in [9.17, 15) is 4.79 Å². The number of aromatic amines is 1. The Morgan fingerprint density at radius 3 is 2.95 bits per heavy atom. The van der Waals surface area contributed by atoms with Gasteiger partial charge in [0, 0.05) is 22.6 Å². The van der Waals surface area contributed by atoms with E-state index in [4.69, 9.17) is 4.74 Å². The molecule has 0 radical (unpaired) electrons. The van der Waals surface area contributed by atoms with E-state index in [0.29, 0.717) is 17.9 Å². The van der Waals surface area contributed by atoms with Crippen LogP contribution in [0.15, 0.2) is 24.3 Å². The third-order valence-corrected chi connectivity index (χ3v) is 5.58. The molecule has 1 aromatic heterocycles. The number of para-hydroxylation sites is 1. The maximum absolute atomic E-state index is 12.6. The van der Waals surface area contributed by atoms with Gasteiger partial charge in [0.1, 0.15) is 0 Å². The molecule has 0 amide bonds. The zero-order valence-electron chi connectivity index (χ0n) is 13.1. The summed E-state index contributed by atoms with van der Waals surface area (Å²) in [6.45, 7) is 3.19. The summed E-state index contributed by atoms with van der Waals surface area (Å²) in [5.74, 6) is 0.673. The van der Waals surface area contributed by atoms with Crippen LogP contribution in [0.1, 0.15) is 43.0 Å². The molecule has 4 heteroatoms. The van der Waals surface area contributed by atoms with Crippen molar-refractivity contribution in [1.29, 1.82) is 0 Å². The summed E-state index contributed by atoms with van der Waals surface area (Å²) in [5.41, 5.74) is 3.46. The number of nitrogens with one attached hydrogen (secondary N) is 2. The highest BCUT2D eigenvalue weighted by molar-refractivity contribution is 5.92. The van der Waals surface area contributed by atoms with Gasteiger partial charge in [-0.1, -0.05) is 31.5 Å². The lowest BCUT2D eigenvalue weighted by Crippen LogP contribution is -2.46. The minimum atomic E-state index is -0.139. The number of ether oxygens (including phenoxy) is 1. The van der Waals surface area contributed by atoms with Crippen molar-refractivity contribution in [3.05, 3.63) is 35.5 Å². The quantitative estimate of drug-likeness (QED) is 0.838. The molecule has 4 rings (SSSR count). The molecule has 1 aliphatic carbocycles. The van der Waals surface area contributed by atoms with E-state index in [2.05, 4.69) is 29.4 Å². The third-order valence-electron chi connectivity index (χ3n) is 5.58. The summed E-state index contributed by atoms with van der Waals surface area (Å²) in [6, 6.07) is 8.61. The average molecular weight is 298 g/mol. The lowest BCUT2D eigenvalue weighted by molar-refractivity contribution is -0.145. The molecule has 2 N–H and O–H groups in total. The highest BCUT2D eigenvalue weighted by Crippen LogP contribution is 2.50. The number of benzene rings is 1. The molecule has 0 spiro atoms. The molecule has 1 saturated heterocycles. The zero-order chi connectivity index (χ0) is 15.3. The molecule has 0 unspecified atom stereocenters. The molecular weight excluding hydrogens is 276 g/mol. The fraction of sp³-hybridized carbons (Fsp3) is 0.500. The van der Waals surface area contributed by atoms with Crippen molar-refractivity contribution in [2.24, 2.45) is 11.8 Å². The van der Waals surface area contributed by atoms with Gasteiger partial charge in [0.2, 0.25) is 0 Å². The second kappa shape index (κ2) is 5.13. The van der Waals surface area contributed by atoms with Gasteiger partial charge in [-0.2, -0.15) is 0 Å². The summed E-state index contributed by atoms with van der Waals surface area (Å²) in [6.07, 6.45) is 2.10. The normalized spacial score (nSPS) is 30.1. The summed E-state index contributed by atoms with van der Waals surface area (Å²) in [4.78, 5) is 16.1. The molecule has 2 aliphatic rings. The number of rotatable bonds is 2. The predicted octanol–water partition coefficient (Wildman–Crippen LogP) is 3.11. The number of hydrogen-bond donors (Lipinski definition) is 2. The van der Waals surface area contributed by atoms with E-state index in [0.717, 1.165) is 30.5 Å². The molecule has 2 bridgehead atoms. The van der Waals surface area contributed by atoms with E-state index in [-0.39, 0.29) is 11.9 Å². The summed E-state index contributed by atoms with van der Waals surface area (Å²) in [7, 11) is 1.50. The molecule has 0 saturated carbocycles. The monoisotopic (exact) mass is 298 g/mol. The van der Waals surface area contributed by atoms with Crippen LogP contribution >= 0.6 is 0 Å². The summed E-state index contributed by atoms with van der Waals surface area (Å²) < 4.78 is 5.18. The first-order chi connectivity index (χ1) is 10.7. The van der Waals surface area contributed by atoms with Crippen molar-refractivity contribution in [2.45, 2.75) is 31.7 Å². The van der Waals surface area contributed by atoms with E-state index >= 15 is 0 Å². The number of hydrogen-bond acceptors (Lipinski definition) is 3. The number of piperidine rings is 1. The molecule has 4 nitrogen and oxygen atoms in total. The summed E-state index contributed by atoms with van der Waals surface area (Å²) in [5, 5.41) is 4.83. The number of esters is 1. The molecule has 22 heavy (non-hydrogen) atoms. The molecule has 116 valence electrons. The molecule has 2 heterocycles. The second-order valence-corrected chi connectivity index (χ2v) is 6.53. The van der Waals surface area contributed by atoms with Crippen LogP contribution < -0.4 is 5.32 Å². The van der Waals surface area contributed by atoms with Crippen molar-refractivity contribution in [2.75, 3.05) is 13.7 Å². The molecular formula is C18H22N2O2. The van der Waals surface area contributed by atoms with Crippen LogP contribution in [0.4, 0.5) is 0 Å². The van der Waals surface area contributed by atoms with Gasteiger partial charge in [-0.3, -0.25) is 4.79 Å². The molecule has 1 aliphatic heterocycles. The minimum absolute atomic E-state index is 0.0881. The van der Waals surface area contributed by atoms with Crippen LogP contribution in [-0.2, 0) is 9.53 Å². The van der Waals surface area contributed by atoms with Gasteiger partial charge in [0.15, 0.2) is 0 Å². The maximum Gasteiger partial charge on any atom is 0.313 e. The van der Waals surface area contributed by atoms with Crippen LogP contribution in [0.2, 0.25) is 0 Å². The van der Waals surface area contributed by atoms with Crippen molar-refractivity contribution in [3.8, 4) is 0 Å². The van der Waals surface area contributed by atoms with Crippen molar-refractivity contribution >= 4 is 16.9 Å². The van der Waals surface area contributed by atoms with Gasteiger partial charge in [-0.05, 0) is 36.4 Å². The number of carbonyl (C=O) groups excluding carboxylic acids is 1. The fourth-order valence-electron chi connectivity index (χ4n) is 4.50. The lowest BCUT2D eigenvalue weighted by Gasteiger charge is -2.44. The van der Waals surface area contributed by atoms with Crippen LogP contribution in [-0.4, -0.2) is 24.6 Å². The highest BCUT2D eigenvalue weighted by atomic mass is 16.5. The fourth-order valence-corrected chi connectivity index (χ4v) is 4.50. The Morgan fingerprint density at radius 1 is 1.36 bits per heavy atom. The smallest absolute Gasteiger partial charge is 0.313 e. The summed E-state index contributed by atoms with van der Waals surface area (Å²) >= 11 is 0.